The van der Waals surface area contributed by atoms with Gasteiger partial charge < -0.3 is 19.4 Å². The van der Waals surface area contributed by atoms with Gasteiger partial charge in [0.05, 0.1) is 33.8 Å². The summed E-state index contributed by atoms with van der Waals surface area (Å²) in [7, 11) is 1.49. The second-order valence-corrected chi connectivity index (χ2v) is 26.1. The number of hydrogen-bond donors (Lipinski definition) is 2. The van der Waals surface area contributed by atoms with Gasteiger partial charge in [-0.3, -0.25) is 18.6 Å². The number of phosphoric acid groups is 1. The van der Waals surface area contributed by atoms with Gasteiger partial charge in [0.15, 0.2) is 0 Å². The maximum atomic E-state index is 13.6. The molecule has 10 heteroatoms. The van der Waals surface area contributed by atoms with Gasteiger partial charge in [-0.15, -0.1) is 0 Å². The summed E-state index contributed by atoms with van der Waals surface area (Å²) in [5.41, 5.74) is 0. The maximum absolute atomic E-state index is 13.6. The molecule has 0 radical (unpaired) electrons. The Bertz CT molecular complexity index is 1700. The van der Waals surface area contributed by atoms with Crippen molar-refractivity contribution in [2.24, 2.45) is 0 Å². The Morgan fingerprint density at radius 2 is 0.771 bits per heavy atom. The van der Waals surface area contributed by atoms with Crippen molar-refractivity contribution in [3.8, 4) is 0 Å². The summed E-state index contributed by atoms with van der Waals surface area (Å²) in [5, 5.41) is 3.07. The Morgan fingerprint density at radius 1 is 0.434 bits per heavy atom. The number of ether oxygens (including phenoxy) is 1. The molecule has 0 aromatic heterocycles. The lowest BCUT2D eigenvalue weighted by Crippen LogP contribution is -2.47. The van der Waals surface area contributed by atoms with Crippen LogP contribution in [-0.4, -0.2) is 74.3 Å². The van der Waals surface area contributed by atoms with Gasteiger partial charge >= 0.3 is 13.8 Å². The summed E-state index contributed by atoms with van der Waals surface area (Å²) in [6.45, 7) is 6.91. The number of allylic oxidation sites excluding steroid dienone is 13. The Hall–Kier alpha value is -2.81. The lowest BCUT2D eigenvalue weighted by atomic mass is 10.0. The summed E-state index contributed by atoms with van der Waals surface area (Å²) in [5.74, 6) is -0.505. The molecular weight excluding hydrogens is 1050 g/mol. The first-order valence-corrected chi connectivity index (χ1v) is 36.4. The number of likely N-dealkylation sites (N-methyl/N-ethyl adjacent to an activating group) is 1. The Labute approximate surface area is 514 Å². The van der Waals surface area contributed by atoms with Crippen LogP contribution in [0.4, 0.5) is 0 Å². The van der Waals surface area contributed by atoms with Crippen LogP contribution in [0.5, 0.6) is 0 Å². The number of amides is 1. The minimum Gasteiger partial charge on any atom is -0.456 e. The van der Waals surface area contributed by atoms with Gasteiger partial charge in [0.1, 0.15) is 19.3 Å². The normalized spacial score (nSPS) is 14.1. The fourth-order valence-corrected chi connectivity index (χ4v) is 10.7. The average Bonchev–Trinajstić information content (AvgIpc) is 3.51. The highest BCUT2D eigenvalue weighted by molar-refractivity contribution is 7.47. The lowest BCUT2D eigenvalue weighted by molar-refractivity contribution is -0.870. The fraction of sp³-hybridized carbons (Fsp3) is 0.781. The van der Waals surface area contributed by atoms with E-state index in [1.165, 1.54) is 193 Å². The number of nitrogens with zero attached hydrogens (tertiary/aromatic N) is 1. The highest BCUT2D eigenvalue weighted by Gasteiger charge is 2.30. The predicted molar refractivity (Wildman–Crippen MR) is 360 cm³/mol. The van der Waals surface area contributed by atoms with Crippen LogP contribution in [0.25, 0.3) is 0 Å². The molecule has 0 aliphatic rings. The molecule has 482 valence electrons. The molecule has 83 heavy (non-hydrogen) atoms. The van der Waals surface area contributed by atoms with Crippen molar-refractivity contribution in [1.29, 1.82) is 0 Å². The minimum absolute atomic E-state index is 0.0375. The van der Waals surface area contributed by atoms with Crippen molar-refractivity contribution in [2.45, 2.75) is 328 Å². The number of unbranched alkanes of at least 4 members (excludes halogenated alkanes) is 35. The molecule has 0 aliphatic carbocycles. The van der Waals surface area contributed by atoms with Gasteiger partial charge in [-0.05, 0) is 102 Å². The SMILES string of the molecule is CC/C=C\C/C=C\C/C=C\C/C=C\C/C=C\CCCCCCCCCCCCCC(=O)OC(/C=C\CCCCCCCCCCC)C(COP(=O)(O)OCC[N+](C)(C)C)NC(=O)CCCCCCCCCCC/C=C/CCCCCCCC. The predicted octanol–water partition coefficient (Wildman–Crippen LogP) is 22.1. The number of hydrogen-bond acceptors (Lipinski definition) is 6. The van der Waals surface area contributed by atoms with Gasteiger partial charge in [-0.2, -0.15) is 0 Å². The number of carbonyl (C=O) groups is 2. The zero-order valence-electron chi connectivity index (χ0n) is 55.2. The third-order valence-corrected chi connectivity index (χ3v) is 16.3. The van der Waals surface area contributed by atoms with Crippen LogP contribution < -0.4 is 5.32 Å². The number of nitrogens with one attached hydrogen (secondary N) is 1. The number of esters is 1. The van der Waals surface area contributed by atoms with E-state index in [4.69, 9.17) is 13.8 Å². The summed E-state index contributed by atoms with van der Waals surface area (Å²) in [6.07, 6.45) is 83.1. The first-order chi connectivity index (χ1) is 40.4. The molecule has 9 nitrogen and oxygen atoms in total. The third kappa shape index (κ3) is 63.5. The average molecular weight is 1180 g/mol. The van der Waals surface area contributed by atoms with Crippen LogP contribution >= 0.6 is 7.82 Å². The largest absolute Gasteiger partial charge is 0.472 e. The topological polar surface area (TPSA) is 111 Å². The standard InChI is InChI=1S/C73H133N2O7P/c1-7-10-13-16-19-22-25-27-29-31-33-34-35-36-37-38-39-40-42-44-46-48-51-54-57-60-63-66-73(77)82-71(64-61-58-55-52-49-24-21-18-15-12-9-3)70(69-81-83(78,79)80-68-67-75(4,5)6)74-72(76)65-62-59-56-53-50-47-45-43-41-32-30-28-26-23-20-17-14-11-8-2/h10,13,19,22,27-30,33-34,36-37,61,64,70-71H,7-9,11-12,14-18,20-21,23-26,31-32,35,38-60,62-63,65-69H2,1-6H3,(H-,74,76,78,79)/p+1/b13-10-,22-19-,29-27-,30-28+,34-33-,37-36-,64-61-. The molecule has 0 rings (SSSR count). The number of rotatable bonds is 63. The molecule has 0 saturated heterocycles. The highest BCUT2D eigenvalue weighted by atomic mass is 31.2. The Kier molecular flexibility index (Phi) is 60.1. The maximum Gasteiger partial charge on any atom is 0.472 e. The zero-order chi connectivity index (χ0) is 60.7. The van der Waals surface area contributed by atoms with E-state index in [0.717, 1.165) is 89.9 Å². The monoisotopic (exact) mass is 1180 g/mol. The first-order valence-electron chi connectivity index (χ1n) is 34.9. The molecule has 2 N–H and O–H groups in total. The summed E-state index contributed by atoms with van der Waals surface area (Å²) >= 11 is 0. The van der Waals surface area contributed by atoms with Crippen molar-refractivity contribution in [3.05, 3.63) is 85.1 Å². The fourth-order valence-electron chi connectivity index (χ4n) is 9.96. The van der Waals surface area contributed by atoms with Crippen molar-refractivity contribution in [3.63, 3.8) is 0 Å². The smallest absolute Gasteiger partial charge is 0.456 e. The van der Waals surface area contributed by atoms with Crippen LogP contribution in [0, 0.1) is 0 Å². The number of quaternary nitrogens is 1. The van der Waals surface area contributed by atoms with E-state index in [0.29, 0.717) is 17.4 Å². The van der Waals surface area contributed by atoms with E-state index in [1.54, 1.807) is 0 Å². The van der Waals surface area contributed by atoms with Crippen LogP contribution in [0.15, 0.2) is 85.1 Å². The van der Waals surface area contributed by atoms with Crippen LogP contribution in [0.1, 0.15) is 316 Å². The van der Waals surface area contributed by atoms with E-state index in [-0.39, 0.29) is 31.5 Å². The van der Waals surface area contributed by atoms with Gasteiger partial charge in [-0.1, -0.05) is 286 Å². The zero-order valence-corrected chi connectivity index (χ0v) is 56.1. The molecule has 0 spiro atoms. The number of carbonyl (C=O) groups excluding carboxylic acids is 2. The molecule has 0 saturated carbocycles. The van der Waals surface area contributed by atoms with Crippen molar-refractivity contribution in [2.75, 3.05) is 40.9 Å². The summed E-state index contributed by atoms with van der Waals surface area (Å²) in [6, 6.07) is -0.854. The van der Waals surface area contributed by atoms with Crippen molar-refractivity contribution < 1.29 is 37.3 Å². The van der Waals surface area contributed by atoms with Crippen LogP contribution in [0.2, 0.25) is 0 Å². The Balaban J connectivity index is 5.03. The molecule has 0 fully saturated rings. The third-order valence-electron chi connectivity index (χ3n) is 15.3. The number of phosphoric ester groups is 1. The molecule has 3 atom stereocenters. The molecule has 1 amide bonds. The molecule has 0 bridgehead atoms. The van der Waals surface area contributed by atoms with Crippen LogP contribution in [-0.2, 0) is 27.9 Å². The van der Waals surface area contributed by atoms with Crippen molar-refractivity contribution in [1.82, 2.24) is 5.32 Å². The molecule has 0 aromatic carbocycles. The molecule has 0 heterocycles. The molecular formula is C73H134N2O7P+. The first kappa shape index (κ1) is 80.2. The van der Waals surface area contributed by atoms with E-state index in [2.05, 4.69) is 99.0 Å². The molecule has 0 aromatic rings. The summed E-state index contributed by atoms with van der Waals surface area (Å²) in [4.78, 5) is 37.8. The van der Waals surface area contributed by atoms with E-state index in [1.807, 2.05) is 33.3 Å². The second kappa shape index (κ2) is 62.2. The second-order valence-electron chi connectivity index (χ2n) is 24.7. The van der Waals surface area contributed by atoms with Gasteiger partial charge in [0, 0.05) is 12.8 Å². The molecule has 0 aliphatic heterocycles. The highest BCUT2D eigenvalue weighted by Crippen LogP contribution is 2.43. The van der Waals surface area contributed by atoms with E-state index >= 15 is 0 Å². The minimum atomic E-state index is -4.46. The Morgan fingerprint density at radius 3 is 1.17 bits per heavy atom. The van der Waals surface area contributed by atoms with Crippen molar-refractivity contribution >= 4 is 19.7 Å². The van der Waals surface area contributed by atoms with Gasteiger partial charge in [-0.25, -0.2) is 4.57 Å². The molecule has 3 unspecified atom stereocenters. The van der Waals surface area contributed by atoms with Gasteiger partial charge in [0.2, 0.25) is 5.91 Å². The van der Waals surface area contributed by atoms with Crippen LogP contribution in [0.3, 0.4) is 0 Å². The summed E-state index contributed by atoms with van der Waals surface area (Å²) < 4.78 is 30.8. The lowest BCUT2D eigenvalue weighted by Gasteiger charge is -2.27. The quantitative estimate of drug-likeness (QED) is 0.0205. The van der Waals surface area contributed by atoms with E-state index < -0.39 is 20.0 Å². The van der Waals surface area contributed by atoms with E-state index in [9.17, 15) is 19.0 Å². The van der Waals surface area contributed by atoms with Gasteiger partial charge in [0.25, 0.3) is 0 Å².